The van der Waals surface area contributed by atoms with Crippen molar-refractivity contribution in [3.63, 3.8) is 0 Å². The summed E-state index contributed by atoms with van der Waals surface area (Å²) < 4.78 is 14.7. The van der Waals surface area contributed by atoms with Crippen LogP contribution in [0.15, 0.2) is 30.3 Å². The monoisotopic (exact) mass is 281 g/mol. The molecule has 0 atom stereocenters. The van der Waals surface area contributed by atoms with E-state index < -0.39 is 11.9 Å². The van der Waals surface area contributed by atoms with Gasteiger partial charge >= 0.3 is 11.9 Å². The van der Waals surface area contributed by atoms with Crippen molar-refractivity contribution in [1.82, 2.24) is 4.90 Å². The van der Waals surface area contributed by atoms with E-state index in [0.29, 0.717) is 13.2 Å². The van der Waals surface area contributed by atoms with Crippen molar-refractivity contribution in [2.45, 2.75) is 0 Å². The van der Waals surface area contributed by atoms with Gasteiger partial charge in [-0.05, 0) is 12.1 Å². The highest BCUT2D eigenvalue weighted by molar-refractivity contribution is 5.74. The predicted molar refractivity (Wildman–Crippen MR) is 72.4 cm³/mol. The summed E-state index contributed by atoms with van der Waals surface area (Å²) in [7, 11) is 2.61. The molecule has 110 valence electrons. The molecule has 0 heterocycles. The van der Waals surface area contributed by atoms with Crippen LogP contribution in [0.5, 0.6) is 5.75 Å². The lowest BCUT2D eigenvalue weighted by Crippen LogP contribution is -2.38. The Hall–Kier alpha value is -2.08. The normalized spacial score (nSPS) is 10.2. The van der Waals surface area contributed by atoms with Crippen molar-refractivity contribution in [1.29, 1.82) is 0 Å². The molecule has 0 bridgehead atoms. The standard InChI is InChI=1S/C14H19NO5/c1-18-13(16)10-15(11-14(17)19-2)8-9-20-12-6-4-3-5-7-12/h3-7H,8-11H2,1-2H3. The van der Waals surface area contributed by atoms with Gasteiger partial charge in [0.2, 0.25) is 0 Å². The van der Waals surface area contributed by atoms with E-state index in [4.69, 9.17) is 4.74 Å². The first-order valence-corrected chi connectivity index (χ1v) is 6.19. The summed E-state index contributed by atoms with van der Waals surface area (Å²) in [6.45, 7) is 0.810. The fourth-order valence-electron chi connectivity index (χ4n) is 1.52. The van der Waals surface area contributed by atoms with Crippen LogP contribution in [0.2, 0.25) is 0 Å². The molecule has 0 spiro atoms. The van der Waals surface area contributed by atoms with Gasteiger partial charge in [-0.1, -0.05) is 18.2 Å². The topological polar surface area (TPSA) is 65.1 Å². The van der Waals surface area contributed by atoms with Crippen molar-refractivity contribution in [3.05, 3.63) is 30.3 Å². The number of hydrogen-bond donors (Lipinski definition) is 0. The summed E-state index contributed by atoms with van der Waals surface area (Å²) in [5.41, 5.74) is 0. The number of carbonyl (C=O) groups is 2. The summed E-state index contributed by atoms with van der Waals surface area (Å²) in [4.78, 5) is 24.1. The van der Waals surface area contributed by atoms with Crippen LogP contribution in [-0.2, 0) is 19.1 Å². The highest BCUT2D eigenvalue weighted by Gasteiger charge is 2.15. The maximum Gasteiger partial charge on any atom is 0.319 e. The molecule has 0 fully saturated rings. The molecular weight excluding hydrogens is 262 g/mol. The average molecular weight is 281 g/mol. The SMILES string of the molecule is COC(=O)CN(CCOc1ccccc1)CC(=O)OC. The first-order chi connectivity index (χ1) is 9.65. The summed E-state index contributed by atoms with van der Waals surface area (Å²) in [5.74, 6) is -0.0779. The summed E-state index contributed by atoms with van der Waals surface area (Å²) in [5, 5.41) is 0. The van der Waals surface area contributed by atoms with Crippen molar-refractivity contribution >= 4 is 11.9 Å². The molecule has 0 aliphatic heterocycles. The Bertz CT molecular complexity index is 403. The number of para-hydroxylation sites is 1. The third-order valence-electron chi connectivity index (χ3n) is 2.58. The Morgan fingerprint density at radius 2 is 1.55 bits per heavy atom. The van der Waals surface area contributed by atoms with Crippen molar-refractivity contribution in [3.8, 4) is 5.75 Å². The molecule has 0 saturated carbocycles. The molecule has 6 nitrogen and oxygen atoms in total. The van der Waals surface area contributed by atoms with E-state index in [0.717, 1.165) is 5.75 Å². The van der Waals surface area contributed by atoms with Gasteiger partial charge in [-0.3, -0.25) is 14.5 Å². The molecule has 20 heavy (non-hydrogen) atoms. The second kappa shape index (κ2) is 8.92. The molecule has 0 N–H and O–H groups in total. The number of benzene rings is 1. The van der Waals surface area contributed by atoms with Gasteiger partial charge in [-0.25, -0.2) is 0 Å². The quantitative estimate of drug-likeness (QED) is 0.654. The second-order valence-electron chi connectivity index (χ2n) is 4.02. The predicted octanol–water partition coefficient (Wildman–Crippen LogP) is 0.713. The molecule has 1 rings (SSSR count). The van der Waals surface area contributed by atoms with E-state index >= 15 is 0 Å². The number of esters is 2. The van der Waals surface area contributed by atoms with E-state index in [9.17, 15) is 9.59 Å². The summed E-state index contributed by atoms with van der Waals surface area (Å²) >= 11 is 0. The number of carbonyl (C=O) groups excluding carboxylic acids is 2. The maximum absolute atomic E-state index is 11.3. The van der Waals surface area contributed by atoms with E-state index in [2.05, 4.69) is 9.47 Å². The zero-order valence-electron chi connectivity index (χ0n) is 11.7. The number of rotatable bonds is 8. The molecule has 0 aliphatic rings. The van der Waals surface area contributed by atoms with Crippen LogP contribution in [-0.4, -0.2) is 57.3 Å². The van der Waals surface area contributed by atoms with Crippen molar-refractivity contribution in [2.75, 3.05) is 40.5 Å². The molecular formula is C14H19NO5. The van der Waals surface area contributed by atoms with Crippen LogP contribution in [0.1, 0.15) is 0 Å². The smallest absolute Gasteiger partial charge is 0.319 e. The van der Waals surface area contributed by atoms with Gasteiger partial charge in [0.15, 0.2) is 0 Å². The van der Waals surface area contributed by atoms with Gasteiger partial charge in [0.25, 0.3) is 0 Å². The van der Waals surface area contributed by atoms with Gasteiger partial charge in [-0.15, -0.1) is 0 Å². The molecule has 0 aliphatic carbocycles. The Labute approximate surface area is 118 Å². The van der Waals surface area contributed by atoms with Gasteiger partial charge < -0.3 is 14.2 Å². The minimum absolute atomic E-state index is 0.0176. The third-order valence-corrected chi connectivity index (χ3v) is 2.58. The zero-order valence-corrected chi connectivity index (χ0v) is 11.7. The van der Waals surface area contributed by atoms with Gasteiger partial charge in [0, 0.05) is 6.54 Å². The number of hydrogen-bond acceptors (Lipinski definition) is 6. The Morgan fingerprint density at radius 3 is 2.05 bits per heavy atom. The minimum atomic E-state index is -0.409. The number of methoxy groups -OCH3 is 2. The number of ether oxygens (including phenoxy) is 3. The lowest BCUT2D eigenvalue weighted by molar-refractivity contribution is -0.145. The van der Waals surface area contributed by atoms with Crippen LogP contribution in [0.4, 0.5) is 0 Å². The van der Waals surface area contributed by atoms with Crippen LogP contribution in [0, 0.1) is 0 Å². The van der Waals surface area contributed by atoms with Gasteiger partial charge in [0.05, 0.1) is 27.3 Å². The van der Waals surface area contributed by atoms with Crippen LogP contribution >= 0.6 is 0 Å². The molecule has 0 aromatic heterocycles. The summed E-state index contributed by atoms with van der Waals surface area (Å²) in [6, 6.07) is 9.32. The fourth-order valence-corrected chi connectivity index (χ4v) is 1.52. The summed E-state index contributed by atoms with van der Waals surface area (Å²) in [6.07, 6.45) is 0. The van der Waals surface area contributed by atoms with E-state index in [1.807, 2.05) is 30.3 Å². The fraction of sp³-hybridized carbons (Fsp3) is 0.429. The molecule has 0 radical (unpaired) electrons. The Kier molecular flexibility index (Phi) is 7.13. The molecule has 0 saturated heterocycles. The Balaban J connectivity index is 2.42. The largest absolute Gasteiger partial charge is 0.492 e. The highest BCUT2D eigenvalue weighted by Crippen LogP contribution is 2.07. The lowest BCUT2D eigenvalue weighted by atomic mass is 10.3. The number of nitrogens with zero attached hydrogens (tertiary/aromatic N) is 1. The highest BCUT2D eigenvalue weighted by atomic mass is 16.5. The lowest BCUT2D eigenvalue weighted by Gasteiger charge is -2.19. The van der Waals surface area contributed by atoms with Gasteiger partial charge in [-0.2, -0.15) is 0 Å². The Morgan fingerprint density at radius 1 is 1.00 bits per heavy atom. The molecule has 0 unspecified atom stereocenters. The molecule has 1 aromatic carbocycles. The third kappa shape index (κ3) is 6.19. The van der Waals surface area contributed by atoms with E-state index in [1.165, 1.54) is 14.2 Å². The molecule has 1 aromatic rings. The average Bonchev–Trinajstić information content (AvgIpc) is 2.47. The first-order valence-electron chi connectivity index (χ1n) is 6.19. The van der Waals surface area contributed by atoms with Crippen LogP contribution < -0.4 is 4.74 Å². The van der Waals surface area contributed by atoms with Crippen molar-refractivity contribution in [2.24, 2.45) is 0 Å². The maximum atomic E-state index is 11.3. The van der Waals surface area contributed by atoms with E-state index in [-0.39, 0.29) is 13.1 Å². The van der Waals surface area contributed by atoms with Crippen molar-refractivity contribution < 1.29 is 23.8 Å². The first kappa shape index (κ1) is 16.0. The van der Waals surface area contributed by atoms with E-state index in [1.54, 1.807) is 4.90 Å². The molecule has 0 amide bonds. The molecule has 6 heteroatoms. The second-order valence-corrected chi connectivity index (χ2v) is 4.02. The minimum Gasteiger partial charge on any atom is -0.492 e. The van der Waals surface area contributed by atoms with Crippen LogP contribution in [0.25, 0.3) is 0 Å². The van der Waals surface area contributed by atoms with Gasteiger partial charge in [0.1, 0.15) is 12.4 Å². The van der Waals surface area contributed by atoms with Crippen LogP contribution in [0.3, 0.4) is 0 Å². The zero-order chi connectivity index (χ0) is 14.8.